The quantitative estimate of drug-likeness (QED) is 0.873. The highest BCUT2D eigenvalue weighted by atomic mass is 16.5. The summed E-state index contributed by atoms with van der Waals surface area (Å²) in [6.07, 6.45) is 1.07. The number of rotatable bonds is 4. The van der Waals surface area contributed by atoms with E-state index in [4.69, 9.17) is 4.74 Å². The molecule has 1 fully saturated rings. The Labute approximate surface area is 116 Å². The van der Waals surface area contributed by atoms with E-state index in [1.54, 1.807) is 0 Å². The van der Waals surface area contributed by atoms with Crippen molar-refractivity contribution in [3.05, 3.63) is 34.4 Å². The first kappa shape index (κ1) is 14.5. The molecule has 2 rings (SSSR count). The molecule has 0 aromatic heterocycles. The Kier molecular flexibility index (Phi) is 4.97. The largest absolute Gasteiger partial charge is 0.379 e. The lowest BCUT2D eigenvalue weighted by atomic mass is 9.91. The zero-order valence-electron chi connectivity index (χ0n) is 12.5. The molecule has 19 heavy (non-hydrogen) atoms. The van der Waals surface area contributed by atoms with E-state index in [2.05, 4.69) is 43.5 Å². The van der Waals surface area contributed by atoms with Crippen LogP contribution in [0.4, 0.5) is 0 Å². The Hall–Kier alpha value is -0.900. The fourth-order valence-electron chi connectivity index (χ4n) is 2.81. The summed E-state index contributed by atoms with van der Waals surface area (Å²) >= 11 is 0. The number of hydrogen-bond donors (Lipinski definition) is 2. The first-order valence-electron chi connectivity index (χ1n) is 7.18. The van der Waals surface area contributed by atoms with E-state index in [1.807, 2.05) is 7.05 Å². The van der Waals surface area contributed by atoms with Gasteiger partial charge in [0.2, 0.25) is 0 Å². The van der Waals surface area contributed by atoms with Crippen LogP contribution >= 0.6 is 0 Å². The van der Waals surface area contributed by atoms with E-state index in [9.17, 15) is 0 Å². The molecule has 0 radical (unpaired) electrons. The number of nitrogens with one attached hydrogen (secondary N) is 2. The van der Waals surface area contributed by atoms with Crippen LogP contribution in [0.2, 0.25) is 0 Å². The van der Waals surface area contributed by atoms with Crippen molar-refractivity contribution in [1.82, 2.24) is 10.6 Å². The molecule has 0 aliphatic carbocycles. The third-order valence-electron chi connectivity index (χ3n) is 4.34. The minimum absolute atomic E-state index is 0.387. The summed E-state index contributed by atoms with van der Waals surface area (Å²) in [5.74, 6) is 0. The second-order valence-corrected chi connectivity index (χ2v) is 5.52. The Morgan fingerprint density at radius 3 is 2.74 bits per heavy atom. The molecule has 0 saturated carbocycles. The lowest BCUT2D eigenvalue weighted by molar-refractivity contribution is 0.0708. The molecular weight excluding hydrogens is 236 g/mol. The summed E-state index contributed by atoms with van der Waals surface area (Å²) in [6.45, 7) is 9.24. The van der Waals surface area contributed by atoms with Crippen LogP contribution in [-0.4, -0.2) is 32.8 Å². The van der Waals surface area contributed by atoms with Gasteiger partial charge in [-0.05, 0) is 56.5 Å². The number of aryl methyl sites for hydroxylation is 1. The van der Waals surface area contributed by atoms with Crippen LogP contribution < -0.4 is 10.6 Å². The fourth-order valence-corrected chi connectivity index (χ4v) is 2.81. The van der Waals surface area contributed by atoms with Gasteiger partial charge in [-0.2, -0.15) is 0 Å². The van der Waals surface area contributed by atoms with Gasteiger partial charge in [0.05, 0.1) is 13.2 Å². The minimum atomic E-state index is 0.387. The second-order valence-electron chi connectivity index (χ2n) is 5.52. The topological polar surface area (TPSA) is 33.3 Å². The summed E-state index contributed by atoms with van der Waals surface area (Å²) in [7, 11) is 2.04. The van der Waals surface area contributed by atoms with Gasteiger partial charge in [-0.1, -0.05) is 12.1 Å². The molecule has 0 spiro atoms. The van der Waals surface area contributed by atoms with Gasteiger partial charge in [0.25, 0.3) is 0 Å². The van der Waals surface area contributed by atoms with Gasteiger partial charge in [0.15, 0.2) is 0 Å². The number of ether oxygens (including phenoxy) is 1. The maximum atomic E-state index is 5.55. The number of benzene rings is 1. The Morgan fingerprint density at radius 1 is 1.32 bits per heavy atom. The van der Waals surface area contributed by atoms with Gasteiger partial charge >= 0.3 is 0 Å². The van der Waals surface area contributed by atoms with Crippen LogP contribution in [-0.2, 0) is 4.74 Å². The minimum Gasteiger partial charge on any atom is -0.379 e. The van der Waals surface area contributed by atoms with E-state index in [0.29, 0.717) is 12.1 Å². The normalized spacial score (nSPS) is 21.4. The SMILES string of the molecule is CNC(CC1COCCN1)c1ccc(C)c(C)c1C. The van der Waals surface area contributed by atoms with E-state index in [0.717, 1.165) is 26.2 Å². The average Bonchev–Trinajstić information content (AvgIpc) is 2.44. The molecule has 2 N–H and O–H groups in total. The fraction of sp³-hybridized carbons (Fsp3) is 0.625. The molecule has 2 atom stereocenters. The summed E-state index contributed by atoms with van der Waals surface area (Å²) < 4.78 is 5.55. The van der Waals surface area contributed by atoms with Gasteiger partial charge in [-0.3, -0.25) is 0 Å². The van der Waals surface area contributed by atoms with Gasteiger partial charge < -0.3 is 15.4 Å². The zero-order chi connectivity index (χ0) is 13.8. The van der Waals surface area contributed by atoms with E-state index in [-0.39, 0.29) is 0 Å². The van der Waals surface area contributed by atoms with Crippen LogP contribution in [0.3, 0.4) is 0 Å². The lowest BCUT2D eigenvalue weighted by Crippen LogP contribution is -2.43. The van der Waals surface area contributed by atoms with Crippen LogP contribution in [0.15, 0.2) is 12.1 Å². The number of morpholine rings is 1. The van der Waals surface area contributed by atoms with Crippen molar-refractivity contribution in [2.45, 2.75) is 39.3 Å². The van der Waals surface area contributed by atoms with E-state index in [1.165, 1.54) is 22.3 Å². The lowest BCUT2D eigenvalue weighted by Gasteiger charge is -2.29. The van der Waals surface area contributed by atoms with Crippen LogP contribution in [0.25, 0.3) is 0 Å². The van der Waals surface area contributed by atoms with Crippen molar-refractivity contribution >= 4 is 0 Å². The van der Waals surface area contributed by atoms with Crippen molar-refractivity contribution in [1.29, 1.82) is 0 Å². The summed E-state index contributed by atoms with van der Waals surface area (Å²) in [5, 5.41) is 6.99. The van der Waals surface area contributed by atoms with Crippen molar-refractivity contribution in [2.75, 3.05) is 26.8 Å². The van der Waals surface area contributed by atoms with Crippen LogP contribution in [0.5, 0.6) is 0 Å². The third kappa shape index (κ3) is 3.35. The third-order valence-corrected chi connectivity index (χ3v) is 4.34. The molecule has 0 bridgehead atoms. The summed E-state index contributed by atoms with van der Waals surface area (Å²) in [6, 6.07) is 5.33. The predicted octanol–water partition coefficient (Wildman–Crippen LogP) is 2.25. The van der Waals surface area contributed by atoms with Crippen molar-refractivity contribution in [2.24, 2.45) is 0 Å². The molecule has 1 aromatic rings. The van der Waals surface area contributed by atoms with Gasteiger partial charge in [0.1, 0.15) is 0 Å². The highest BCUT2D eigenvalue weighted by Crippen LogP contribution is 2.26. The molecule has 1 heterocycles. The van der Waals surface area contributed by atoms with Crippen LogP contribution in [0.1, 0.15) is 34.7 Å². The van der Waals surface area contributed by atoms with Gasteiger partial charge in [-0.25, -0.2) is 0 Å². The highest BCUT2D eigenvalue weighted by Gasteiger charge is 2.20. The predicted molar refractivity (Wildman–Crippen MR) is 79.7 cm³/mol. The smallest absolute Gasteiger partial charge is 0.0620 e. The average molecular weight is 262 g/mol. The Balaban J connectivity index is 2.14. The standard InChI is InChI=1S/C16H26N2O/c1-11-5-6-15(13(3)12(11)2)16(17-4)9-14-10-19-8-7-18-14/h5-6,14,16-18H,7-10H2,1-4H3. The monoisotopic (exact) mass is 262 g/mol. The molecule has 1 aliphatic rings. The number of hydrogen-bond acceptors (Lipinski definition) is 3. The summed E-state index contributed by atoms with van der Waals surface area (Å²) in [4.78, 5) is 0. The highest BCUT2D eigenvalue weighted by molar-refractivity contribution is 5.40. The van der Waals surface area contributed by atoms with E-state index < -0.39 is 0 Å². The van der Waals surface area contributed by atoms with E-state index >= 15 is 0 Å². The molecule has 0 amide bonds. The molecule has 3 nitrogen and oxygen atoms in total. The molecular formula is C16H26N2O. The molecule has 106 valence electrons. The van der Waals surface area contributed by atoms with Crippen LogP contribution in [0, 0.1) is 20.8 Å². The van der Waals surface area contributed by atoms with Crippen molar-refractivity contribution < 1.29 is 4.74 Å². The second kappa shape index (κ2) is 6.51. The first-order chi connectivity index (χ1) is 9.13. The Bertz CT molecular complexity index is 425. The van der Waals surface area contributed by atoms with Gasteiger partial charge in [0, 0.05) is 18.6 Å². The molecule has 1 aromatic carbocycles. The van der Waals surface area contributed by atoms with Crippen molar-refractivity contribution in [3.63, 3.8) is 0 Å². The molecule has 3 heteroatoms. The molecule has 1 saturated heterocycles. The Morgan fingerprint density at radius 2 is 2.11 bits per heavy atom. The van der Waals surface area contributed by atoms with Crippen molar-refractivity contribution in [3.8, 4) is 0 Å². The molecule has 1 aliphatic heterocycles. The maximum absolute atomic E-state index is 5.55. The van der Waals surface area contributed by atoms with Gasteiger partial charge in [-0.15, -0.1) is 0 Å². The summed E-state index contributed by atoms with van der Waals surface area (Å²) in [5.41, 5.74) is 5.61. The first-order valence-corrected chi connectivity index (χ1v) is 7.18. The molecule has 2 unspecified atom stereocenters. The zero-order valence-corrected chi connectivity index (χ0v) is 12.5. The maximum Gasteiger partial charge on any atom is 0.0620 e.